The van der Waals surface area contributed by atoms with E-state index in [4.69, 9.17) is 0 Å². The lowest BCUT2D eigenvalue weighted by Gasteiger charge is -2.51. The first-order valence-electron chi connectivity index (χ1n) is 7.91. The third-order valence-electron chi connectivity index (χ3n) is 5.11. The third-order valence-corrected chi connectivity index (χ3v) is 5.11. The Hall–Kier alpha value is -0.790. The summed E-state index contributed by atoms with van der Waals surface area (Å²) >= 11 is 0. The monoisotopic (exact) mass is 279 g/mol. The fraction of sp³-hybridized carbons (Fsp3) is 0.833. The predicted molar refractivity (Wildman–Crippen MR) is 86.5 cm³/mol. The SMILES string of the molecule is C=CC1CC(C)(C(=O)NC(C)(C)C)C(CC)CC1(C)C. The van der Waals surface area contributed by atoms with Crippen molar-refractivity contribution in [3.8, 4) is 0 Å². The number of carbonyl (C=O) groups is 1. The molecule has 1 saturated carbocycles. The molecule has 1 rings (SSSR count). The highest BCUT2D eigenvalue weighted by Gasteiger charge is 2.50. The number of allylic oxidation sites excluding steroid dienone is 1. The summed E-state index contributed by atoms with van der Waals surface area (Å²) in [5.74, 6) is 1.05. The zero-order valence-electron chi connectivity index (χ0n) is 14.5. The van der Waals surface area contributed by atoms with E-state index in [9.17, 15) is 4.79 Å². The summed E-state index contributed by atoms with van der Waals surface area (Å²) in [5, 5.41) is 3.19. The van der Waals surface area contributed by atoms with Crippen LogP contribution in [-0.4, -0.2) is 11.4 Å². The second-order valence-electron chi connectivity index (χ2n) is 8.47. The van der Waals surface area contributed by atoms with Crippen LogP contribution in [0.15, 0.2) is 12.7 Å². The molecule has 1 fully saturated rings. The van der Waals surface area contributed by atoms with Crippen LogP contribution in [0.25, 0.3) is 0 Å². The number of nitrogens with one attached hydrogen (secondary N) is 1. The number of hydrogen-bond acceptors (Lipinski definition) is 1. The molecule has 0 saturated heterocycles. The van der Waals surface area contributed by atoms with Gasteiger partial charge in [0.1, 0.15) is 0 Å². The van der Waals surface area contributed by atoms with Crippen LogP contribution in [0.3, 0.4) is 0 Å². The minimum atomic E-state index is -0.281. The first-order valence-corrected chi connectivity index (χ1v) is 7.91. The van der Waals surface area contributed by atoms with E-state index < -0.39 is 0 Å². The van der Waals surface area contributed by atoms with Gasteiger partial charge in [0.05, 0.1) is 0 Å². The van der Waals surface area contributed by atoms with Crippen molar-refractivity contribution in [2.75, 3.05) is 0 Å². The van der Waals surface area contributed by atoms with Crippen molar-refractivity contribution in [1.29, 1.82) is 0 Å². The van der Waals surface area contributed by atoms with Crippen LogP contribution in [0.1, 0.15) is 67.7 Å². The highest BCUT2D eigenvalue weighted by atomic mass is 16.2. The Labute approximate surface area is 125 Å². The lowest BCUT2D eigenvalue weighted by atomic mass is 9.54. The lowest BCUT2D eigenvalue weighted by Crippen LogP contribution is -2.54. The van der Waals surface area contributed by atoms with Gasteiger partial charge in [0.2, 0.25) is 5.91 Å². The van der Waals surface area contributed by atoms with Gasteiger partial charge in [-0.05, 0) is 50.9 Å². The minimum absolute atomic E-state index is 0.172. The highest BCUT2D eigenvalue weighted by molar-refractivity contribution is 5.83. The molecule has 0 spiro atoms. The molecule has 0 aromatic carbocycles. The van der Waals surface area contributed by atoms with Crippen LogP contribution >= 0.6 is 0 Å². The summed E-state index contributed by atoms with van der Waals surface area (Å²) in [5.41, 5.74) is -0.213. The van der Waals surface area contributed by atoms with Gasteiger partial charge in [0, 0.05) is 11.0 Å². The largest absolute Gasteiger partial charge is 0.351 e. The highest BCUT2D eigenvalue weighted by Crippen LogP contribution is 2.53. The lowest BCUT2D eigenvalue weighted by molar-refractivity contribution is -0.141. The predicted octanol–water partition coefficient (Wildman–Crippen LogP) is 4.56. The molecule has 0 bridgehead atoms. The molecule has 1 N–H and O–H groups in total. The molecule has 1 amide bonds. The summed E-state index contributed by atoms with van der Waals surface area (Å²) in [6.07, 6.45) is 5.11. The molecule has 0 aromatic rings. The Balaban J connectivity index is 3.06. The molecule has 0 aliphatic heterocycles. The number of carbonyl (C=O) groups excluding carboxylic acids is 1. The fourth-order valence-corrected chi connectivity index (χ4v) is 3.67. The van der Waals surface area contributed by atoms with E-state index in [-0.39, 0.29) is 22.3 Å². The molecule has 116 valence electrons. The molecule has 1 aliphatic carbocycles. The topological polar surface area (TPSA) is 29.1 Å². The Morgan fingerprint density at radius 1 is 1.30 bits per heavy atom. The second-order valence-corrected chi connectivity index (χ2v) is 8.47. The molecule has 0 aromatic heterocycles. The maximum absolute atomic E-state index is 12.8. The summed E-state index contributed by atoms with van der Waals surface area (Å²) in [6, 6.07) is 0. The van der Waals surface area contributed by atoms with E-state index in [1.807, 2.05) is 20.8 Å². The molecule has 3 unspecified atom stereocenters. The number of amides is 1. The van der Waals surface area contributed by atoms with E-state index in [0.717, 1.165) is 19.3 Å². The molecule has 2 nitrogen and oxygen atoms in total. The van der Waals surface area contributed by atoms with Gasteiger partial charge in [-0.3, -0.25) is 4.79 Å². The first kappa shape index (κ1) is 17.3. The van der Waals surface area contributed by atoms with Gasteiger partial charge in [0.15, 0.2) is 0 Å². The molecule has 1 aliphatic rings. The van der Waals surface area contributed by atoms with Crippen LogP contribution < -0.4 is 5.32 Å². The van der Waals surface area contributed by atoms with Gasteiger partial charge >= 0.3 is 0 Å². The van der Waals surface area contributed by atoms with Crippen LogP contribution in [0, 0.1) is 22.7 Å². The molecule has 3 atom stereocenters. The quantitative estimate of drug-likeness (QED) is 0.754. The zero-order chi connectivity index (χ0) is 15.8. The zero-order valence-corrected chi connectivity index (χ0v) is 14.5. The van der Waals surface area contributed by atoms with E-state index in [1.165, 1.54) is 0 Å². The van der Waals surface area contributed by atoms with Gasteiger partial charge in [-0.25, -0.2) is 0 Å². The van der Waals surface area contributed by atoms with Crippen molar-refractivity contribution < 1.29 is 4.79 Å². The Morgan fingerprint density at radius 2 is 1.85 bits per heavy atom. The van der Waals surface area contributed by atoms with Gasteiger partial charge in [-0.1, -0.05) is 40.2 Å². The van der Waals surface area contributed by atoms with E-state index >= 15 is 0 Å². The van der Waals surface area contributed by atoms with E-state index in [1.54, 1.807) is 0 Å². The van der Waals surface area contributed by atoms with Crippen LogP contribution in [0.2, 0.25) is 0 Å². The summed E-state index contributed by atoms with van der Waals surface area (Å²) in [6.45, 7) is 19.1. The Morgan fingerprint density at radius 3 is 2.25 bits per heavy atom. The Kier molecular flexibility index (Phi) is 4.78. The van der Waals surface area contributed by atoms with Gasteiger partial charge < -0.3 is 5.32 Å². The third kappa shape index (κ3) is 3.45. The van der Waals surface area contributed by atoms with Crippen molar-refractivity contribution in [3.05, 3.63) is 12.7 Å². The van der Waals surface area contributed by atoms with Crippen molar-refractivity contribution in [2.45, 2.75) is 73.3 Å². The van der Waals surface area contributed by atoms with E-state index in [2.05, 4.69) is 45.7 Å². The van der Waals surface area contributed by atoms with Gasteiger partial charge in [-0.15, -0.1) is 6.58 Å². The van der Waals surface area contributed by atoms with Crippen molar-refractivity contribution in [2.24, 2.45) is 22.7 Å². The maximum atomic E-state index is 12.8. The second kappa shape index (κ2) is 5.54. The Bertz CT molecular complexity index is 377. The fourth-order valence-electron chi connectivity index (χ4n) is 3.67. The summed E-state index contributed by atoms with van der Waals surface area (Å²) in [4.78, 5) is 12.8. The van der Waals surface area contributed by atoms with Crippen molar-refractivity contribution in [3.63, 3.8) is 0 Å². The average Bonchev–Trinajstić information content (AvgIpc) is 2.29. The van der Waals surface area contributed by atoms with E-state index in [0.29, 0.717) is 11.8 Å². The van der Waals surface area contributed by atoms with Crippen molar-refractivity contribution >= 4 is 5.91 Å². The van der Waals surface area contributed by atoms with Crippen LogP contribution in [0.4, 0.5) is 0 Å². The molecular formula is C18H33NO. The molecule has 20 heavy (non-hydrogen) atoms. The molecule has 0 radical (unpaired) electrons. The van der Waals surface area contributed by atoms with Gasteiger partial charge in [0.25, 0.3) is 0 Å². The number of rotatable bonds is 3. The first-order chi connectivity index (χ1) is 8.96. The summed E-state index contributed by atoms with van der Waals surface area (Å²) < 4.78 is 0. The maximum Gasteiger partial charge on any atom is 0.226 e. The normalized spacial score (nSPS) is 33.5. The van der Waals surface area contributed by atoms with Crippen LogP contribution in [-0.2, 0) is 4.79 Å². The standard InChI is InChI=1S/C18H33NO/c1-9-13-12-18(8,15(20)19-16(3,4)5)14(10-2)11-17(13,6)7/h9,13-14H,1,10-12H2,2-8H3,(H,19,20). The molecule has 2 heteroatoms. The smallest absolute Gasteiger partial charge is 0.226 e. The molecule has 0 heterocycles. The van der Waals surface area contributed by atoms with Crippen LogP contribution in [0.5, 0.6) is 0 Å². The molecular weight excluding hydrogens is 246 g/mol. The van der Waals surface area contributed by atoms with Crippen molar-refractivity contribution in [1.82, 2.24) is 5.32 Å². The minimum Gasteiger partial charge on any atom is -0.351 e. The number of hydrogen-bond donors (Lipinski definition) is 1. The average molecular weight is 279 g/mol. The van der Waals surface area contributed by atoms with Gasteiger partial charge in [-0.2, -0.15) is 0 Å². The summed E-state index contributed by atoms with van der Waals surface area (Å²) in [7, 11) is 0.